The van der Waals surface area contributed by atoms with Gasteiger partial charge in [0.2, 0.25) is 0 Å². The molecule has 1 rings (SSSR count). The molecule has 164 valence electrons. The molecule has 1 aliphatic rings. The molecular formula is C21H42O5Si2. The molecule has 28 heavy (non-hydrogen) atoms. The van der Waals surface area contributed by atoms with Crippen LogP contribution < -0.4 is 0 Å². The Morgan fingerprint density at radius 1 is 1.04 bits per heavy atom. The Morgan fingerprint density at radius 2 is 1.50 bits per heavy atom. The van der Waals surface area contributed by atoms with Gasteiger partial charge in [0.25, 0.3) is 0 Å². The van der Waals surface area contributed by atoms with E-state index >= 15 is 0 Å². The Labute approximate surface area is 174 Å². The van der Waals surface area contributed by atoms with E-state index in [0.717, 1.165) is 6.61 Å². The number of esters is 1. The van der Waals surface area contributed by atoms with Crippen LogP contribution in [0.15, 0.2) is 12.2 Å². The van der Waals surface area contributed by atoms with E-state index in [1.165, 1.54) is 13.2 Å². The van der Waals surface area contributed by atoms with Crippen molar-refractivity contribution in [1.82, 2.24) is 0 Å². The van der Waals surface area contributed by atoms with Gasteiger partial charge in [0, 0.05) is 12.5 Å². The normalized spacial score (nSPS) is 20.9. The van der Waals surface area contributed by atoms with Crippen LogP contribution in [0, 0.1) is 0 Å². The van der Waals surface area contributed by atoms with Gasteiger partial charge < -0.3 is 18.3 Å². The van der Waals surface area contributed by atoms with Gasteiger partial charge in [-0.05, 0) is 42.3 Å². The molecule has 1 aliphatic heterocycles. The van der Waals surface area contributed by atoms with Crippen molar-refractivity contribution in [3.63, 3.8) is 0 Å². The second kappa shape index (κ2) is 9.12. The van der Waals surface area contributed by atoms with Crippen LogP contribution in [-0.2, 0) is 23.1 Å². The highest BCUT2D eigenvalue weighted by atomic mass is 28.4. The lowest BCUT2D eigenvalue weighted by atomic mass is 10.1. The zero-order valence-corrected chi connectivity index (χ0v) is 21.8. The van der Waals surface area contributed by atoms with Gasteiger partial charge in [-0.25, -0.2) is 4.79 Å². The lowest BCUT2D eigenvalue weighted by Crippen LogP contribution is -2.48. The van der Waals surface area contributed by atoms with Gasteiger partial charge in [-0.1, -0.05) is 41.5 Å². The fraction of sp³-hybridized carbons (Fsp3) is 0.857. The number of ether oxygens (including phenoxy) is 2. The van der Waals surface area contributed by atoms with E-state index < -0.39 is 16.6 Å². The van der Waals surface area contributed by atoms with Gasteiger partial charge >= 0.3 is 5.97 Å². The minimum atomic E-state index is -2.02. The number of epoxide rings is 1. The lowest BCUT2D eigenvalue weighted by Gasteiger charge is -2.41. The predicted octanol–water partition coefficient (Wildman–Crippen LogP) is 5.29. The molecule has 1 unspecified atom stereocenters. The molecule has 0 aromatic carbocycles. The van der Waals surface area contributed by atoms with Crippen LogP contribution in [0.3, 0.4) is 0 Å². The number of methoxy groups -OCH3 is 1. The van der Waals surface area contributed by atoms with Gasteiger partial charge in [0.05, 0.1) is 25.9 Å². The highest BCUT2D eigenvalue weighted by Gasteiger charge is 2.45. The summed E-state index contributed by atoms with van der Waals surface area (Å²) in [4.78, 5) is 11.7. The van der Waals surface area contributed by atoms with Gasteiger partial charge in [-0.3, -0.25) is 0 Å². The van der Waals surface area contributed by atoms with Crippen LogP contribution in [0.5, 0.6) is 0 Å². The number of carbonyl (C=O) groups is 1. The highest BCUT2D eigenvalue weighted by Crippen LogP contribution is 2.41. The Morgan fingerprint density at radius 3 is 1.89 bits per heavy atom. The summed E-state index contributed by atoms with van der Waals surface area (Å²) in [6.07, 6.45) is 3.85. The average Bonchev–Trinajstić information content (AvgIpc) is 3.33. The number of hydrogen-bond donors (Lipinski definition) is 0. The Hall–Kier alpha value is -0.476. The molecule has 0 aromatic heterocycles. The lowest BCUT2D eigenvalue weighted by molar-refractivity contribution is -0.134. The monoisotopic (exact) mass is 430 g/mol. The first-order valence-electron chi connectivity index (χ1n) is 10.2. The Bertz CT molecular complexity index is 554. The smallest absolute Gasteiger partial charge is 0.330 e. The SMILES string of the molecule is COC(=O)/C=C/[C@@H](C[C@H](O[Si](C)(C)C(C)(C)C)C1CO1)O[Si](C)(C)C(C)(C)C. The summed E-state index contributed by atoms with van der Waals surface area (Å²) in [5.74, 6) is -0.367. The maximum Gasteiger partial charge on any atom is 0.330 e. The van der Waals surface area contributed by atoms with Gasteiger partial charge in [-0.15, -0.1) is 0 Å². The van der Waals surface area contributed by atoms with Gasteiger partial charge in [0.15, 0.2) is 16.6 Å². The summed E-state index contributed by atoms with van der Waals surface area (Å²) >= 11 is 0. The van der Waals surface area contributed by atoms with E-state index in [4.69, 9.17) is 18.3 Å². The van der Waals surface area contributed by atoms with Crippen molar-refractivity contribution >= 4 is 22.6 Å². The number of rotatable bonds is 9. The third-order valence-corrected chi connectivity index (χ3v) is 15.4. The van der Waals surface area contributed by atoms with Crippen molar-refractivity contribution in [2.24, 2.45) is 0 Å². The van der Waals surface area contributed by atoms with E-state index in [1.54, 1.807) is 0 Å². The third-order valence-electron chi connectivity index (χ3n) is 6.39. The number of hydrogen-bond acceptors (Lipinski definition) is 5. The van der Waals surface area contributed by atoms with Crippen molar-refractivity contribution in [3.8, 4) is 0 Å². The van der Waals surface area contributed by atoms with E-state index in [2.05, 4.69) is 67.7 Å². The molecule has 0 aliphatic carbocycles. The van der Waals surface area contributed by atoms with Crippen molar-refractivity contribution < 1.29 is 23.1 Å². The molecule has 0 saturated carbocycles. The van der Waals surface area contributed by atoms with Crippen LogP contribution in [0.2, 0.25) is 36.3 Å². The van der Waals surface area contributed by atoms with Gasteiger partial charge in [-0.2, -0.15) is 0 Å². The minimum absolute atomic E-state index is 0.0297. The van der Waals surface area contributed by atoms with Crippen molar-refractivity contribution in [2.75, 3.05) is 13.7 Å². The molecule has 0 amide bonds. The first-order valence-corrected chi connectivity index (χ1v) is 16.1. The minimum Gasteiger partial charge on any atom is -0.466 e. The Kier molecular flexibility index (Phi) is 8.33. The predicted molar refractivity (Wildman–Crippen MR) is 120 cm³/mol. The van der Waals surface area contributed by atoms with Crippen LogP contribution in [0.4, 0.5) is 0 Å². The first-order chi connectivity index (χ1) is 12.5. The largest absolute Gasteiger partial charge is 0.466 e. The van der Waals surface area contributed by atoms with Crippen molar-refractivity contribution in [3.05, 3.63) is 12.2 Å². The van der Waals surface area contributed by atoms with Gasteiger partial charge in [0.1, 0.15) is 6.10 Å². The summed E-state index contributed by atoms with van der Waals surface area (Å²) in [7, 11) is -2.57. The molecule has 7 heteroatoms. The van der Waals surface area contributed by atoms with Crippen LogP contribution in [-0.4, -0.2) is 54.6 Å². The second-order valence-electron chi connectivity index (χ2n) is 10.8. The first kappa shape index (κ1) is 25.6. The molecule has 1 saturated heterocycles. The van der Waals surface area contributed by atoms with Crippen LogP contribution in [0.25, 0.3) is 0 Å². The van der Waals surface area contributed by atoms with Crippen LogP contribution in [0.1, 0.15) is 48.0 Å². The summed E-state index contributed by atoms with van der Waals surface area (Å²) in [5.41, 5.74) is 0. The van der Waals surface area contributed by atoms with Crippen LogP contribution >= 0.6 is 0 Å². The maximum atomic E-state index is 11.7. The quantitative estimate of drug-likeness (QED) is 0.215. The molecule has 0 spiro atoms. The molecular weight excluding hydrogens is 388 g/mol. The Balaban J connectivity index is 3.04. The van der Waals surface area contributed by atoms with E-state index in [1.807, 2.05) is 6.08 Å². The van der Waals surface area contributed by atoms with E-state index in [0.29, 0.717) is 6.42 Å². The van der Waals surface area contributed by atoms with Crippen molar-refractivity contribution in [1.29, 1.82) is 0 Å². The summed E-state index contributed by atoms with van der Waals surface area (Å²) in [6, 6.07) is 0. The summed E-state index contributed by atoms with van der Waals surface area (Å²) in [5, 5.41) is 0.202. The van der Waals surface area contributed by atoms with E-state index in [-0.39, 0.29) is 34.4 Å². The highest BCUT2D eigenvalue weighted by molar-refractivity contribution is 6.74. The molecule has 0 bridgehead atoms. The maximum absolute atomic E-state index is 11.7. The molecule has 0 radical (unpaired) electrons. The fourth-order valence-corrected chi connectivity index (χ4v) is 4.95. The molecule has 5 nitrogen and oxygen atoms in total. The zero-order chi connectivity index (χ0) is 22.0. The molecule has 1 heterocycles. The standard InChI is InChI=1S/C21H42O5Si2/c1-20(2,3)27(8,9)25-16(12-13-19(22)23-7)14-17(18-15-24-18)26-28(10,11)21(4,5)6/h12-13,16-18H,14-15H2,1-11H3/b13-12+/t16-,17-,18?/m0/s1. The number of carbonyl (C=O) groups excluding carboxylic acids is 1. The summed E-state index contributed by atoms with van der Waals surface area (Å²) in [6.45, 7) is 23.1. The topological polar surface area (TPSA) is 57.3 Å². The summed E-state index contributed by atoms with van der Waals surface area (Å²) < 4.78 is 23.7. The third kappa shape index (κ3) is 7.41. The zero-order valence-electron chi connectivity index (χ0n) is 19.8. The molecule has 3 atom stereocenters. The second-order valence-corrected chi connectivity index (χ2v) is 20.3. The molecule has 0 N–H and O–H groups in total. The molecule has 0 aromatic rings. The average molecular weight is 431 g/mol. The van der Waals surface area contributed by atoms with E-state index in [9.17, 15) is 4.79 Å². The van der Waals surface area contributed by atoms with Crippen molar-refractivity contribution in [2.45, 2.75) is 103 Å². The fourth-order valence-electron chi connectivity index (χ4n) is 2.31. The molecule has 1 fully saturated rings.